The number of hydrogen-bond acceptors (Lipinski definition) is 3. The minimum absolute atomic E-state index is 0.0977. The number of hydrogen-bond donors (Lipinski definition) is 1. The van der Waals surface area contributed by atoms with E-state index in [9.17, 15) is 10.1 Å². The third-order valence-electron chi connectivity index (χ3n) is 3.25. The molecule has 0 aromatic heterocycles. The van der Waals surface area contributed by atoms with E-state index in [1.807, 2.05) is 0 Å². The zero-order valence-electron chi connectivity index (χ0n) is 9.43. The van der Waals surface area contributed by atoms with E-state index in [0.717, 1.165) is 6.42 Å². The molecule has 0 spiro atoms. The lowest BCUT2D eigenvalue weighted by Crippen LogP contribution is -2.23. The van der Waals surface area contributed by atoms with Crippen molar-refractivity contribution in [2.45, 2.75) is 31.7 Å². The number of halogens is 1. The molecular formula is C12H15ClN2O2. The van der Waals surface area contributed by atoms with Crippen LogP contribution in [0, 0.1) is 16.0 Å². The van der Waals surface area contributed by atoms with Crippen LogP contribution in [0.15, 0.2) is 18.2 Å². The minimum atomic E-state index is -0.385. The second-order valence-corrected chi connectivity index (χ2v) is 4.94. The first-order valence-electron chi connectivity index (χ1n) is 5.77. The second-order valence-electron chi connectivity index (χ2n) is 4.53. The number of nitro benzene ring substituents is 1. The Morgan fingerprint density at radius 1 is 1.53 bits per heavy atom. The van der Waals surface area contributed by atoms with E-state index in [1.54, 1.807) is 12.1 Å². The number of benzene rings is 1. The molecule has 1 saturated carbocycles. The SMILES string of the molecule is NC(CCc1c(Cl)cccc1[N+](=O)[O-])C1CC1. The molecule has 17 heavy (non-hydrogen) atoms. The lowest BCUT2D eigenvalue weighted by molar-refractivity contribution is -0.385. The van der Waals surface area contributed by atoms with E-state index in [-0.39, 0.29) is 16.7 Å². The molecule has 0 bridgehead atoms. The number of nitro groups is 1. The predicted molar refractivity (Wildman–Crippen MR) is 67.1 cm³/mol. The maximum absolute atomic E-state index is 10.9. The van der Waals surface area contributed by atoms with Crippen LogP contribution in [0.1, 0.15) is 24.8 Å². The lowest BCUT2D eigenvalue weighted by Gasteiger charge is -2.10. The molecule has 2 N–H and O–H groups in total. The fraction of sp³-hybridized carbons (Fsp3) is 0.500. The van der Waals surface area contributed by atoms with Gasteiger partial charge in [-0.3, -0.25) is 10.1 Å². The van der Waals surface area contributed by atoms with Crippen molar-refractivity contribution >= 4 is 17.3 Å². The summed E-state index contributed by atoms with van der Waals surface area (Å²) in [6.45, 7) is 0. The molecule has 4 nitrogen and oxygen atoms in total. The van der Waals surface area contributed by atoms with Gasteiger partial charge in [0.2, 0.25) is 0 Å². The first kappa shape index (κ1) is 12.3. The fourth-order valence-electron chi connectivity index (χ4n) is 2.04. The molecule has 0 amide bonds. The molecule has 1 aliphatic carbocycles. The van der Waals surface area contributed by atoms with E-state index in [4.69, 9.17) is 17.3 Å². The van der Waals surface area contributed by atoms with Crippen LogP contribution in [0.25, 0.3) is 0 Å². The molecule has 1 aliphatic rings. The predicted octanol–water partition coefficient (Wildman–Crippen LogP) is 2.92. The monoisotopic (exact) mass is 254 g/mol. The van der Waals surface area contributed by atoms with Crippen LogP contribution in [-0.2, 0) is 6.42 Å². The maximum Gasteiger partial charge on any atom is 0.274 e. The van der Waals surface area contributed by atoms with Gasteiger partial charge in [0.05, 0.1) is 9.95 Å². The third-order valence-corrected chi connectivity index (χ3v) is 3.60. The average molecular weight is 255 g/mol. The van der Waals surface area contributed by atoms with Crippen molar-refractivity contribution < 1.29 is 4.92 Å². The van der Waals surface area contributed by atoms with Gasteiger partial charge in [-0.2, -0.15) is 0 Å². The van der Waals surface area contributed by atoms with E-state index in [1.165, 1.54) is 18.9 Å². The Bertz CT molecular complexity index is 433. The van der Waals surface area contributed by atoms with E-state index >= 15 is 0 Å². The van der Waals surface area contributed by atoms with Crippen molar-refractivity contribution in [3.8, 4) is 0 Å². The van der Waals surface area contributed by atoms with Crippen LogP contribution in [0.2, 0.25) is 5.02 Å². The Labute approximate surface area is 105 Å². The summed E-state index contributed by atoms with van der Waals surface area (Å²) in [6, 6.07) is 4.92. The highest BCUT2D eigenvalue weighted by atomic mass is 35.5. The largest absolute Gasteiger partial charge is 0.327 e. The van der Waals surface area contributed by atoms with Crippen LogP contribution in [0.4, 0.5) is 5.69 Å². The fourth-order valence-corrected chi connectivity index (χ4v) is 2.30. The molecule has 92 valence electrons. The summed E-state index contributed by atoms with van der Waals surface area (Å²) in [4.78, 5) is 10.5. The molecule has 0 aliphatic heterocycles. The normalized spacial score (nSPS) is 16.8. The molecule has 0 saturated heterocycles. The Kier molecular flexibility index (Phi) is 3.64. The van der Waals surface area contributed by atoms with Crippen molar-refractivity contribution in [1.29, 1.82) is 0 Å². The Morgan fingerprint density at radius 2 is 2.24 bits per heavy atom. The van der Waals surface area contributed by atoms with Crippen LogP contribution >= 0.6 is 11.6 Å². The molecule has 0 radical (unpaired) electrons. The Hall–Kier alpha value is -1.13. The van der Waals surface area contributed by atoms with Gasteiger partial charge < -0.3 is 5.73 Å². The quantitative estimate of drug-likeness (QED) is 0.649. The lowest BCUT2D eigenvalue weighted by atomic mass is 10.0. The molecule has 0 heterocycles. The summed E-state index contributed by atoms with van der Waals surface area (Å²) in [5, 5.41) is 11.3. The standard InChI is InChI=1S/C12H15ClN2O2/c13-10-2-1-3-12(15(16)17)9(10)6-7-11(14)8-4-5-8/h1-3,8,11H,4-7,14H2. The zero-order chi connectivity index (χ0) is 12.4. The van der Waals surface area contributed by atoms with E-state index in [0.29, 0.717) is 22.9 Å². The maximum atomic E-state index is 10.9. The van der Waals surface area contributed by atoms with Crippen LogP contribution in [0.5, 0.6) is 0 Å². The topological polar surface area (TPSA) is 69.2 Å². The first-order chi connectivity index (χ1) is 8.09. The smallest absolute Gasteiger partial charge is 0.274 e. The molecule has 2 rings (SSSR count). The average Bonchev–Trinajstić information content (AvgIpc) is 3.10. The molecule has 1 atom stereocenters. The molecule has 1 aromatic carbocycles. The molecular weight excluding hydrogens is 240 g/mol. The third kappa shape index (κ3) is 2.96. The number of rotatable bonds is 5. The van der Waals surface area contributed by atoms with Gasteiger partial charge in [-0.15, -0.1) is 0 Å². The molecule has 1 fully saturated rings. The zero-order valence-corrected chi connectivity index (χ0v) is 10.2. The van der Waals surface area contributed by atoms with Crippen LogP contribution in [0.3, 0.4) is 0 Å². The summed E-state index contributed by atoms with van der Waals surface area (Å²) >= 11 is 6.01. The van der Waals surface area contributed by atoms with Crippen LogP contribution < -0.4 is 5.73 Å². The van der Waals surface area contributed by atoms with Gasteiger partial charge >= 0.3 is 0 Å². The van der Waals surface area contributed by atoms with Crippen molar-refractivity contribution in [2.24, 2.45) is 11.7 Å². The highest BCUT2D eigenvalue weighted by molar-refractivity contribution is 6.31. The van der Waals surface area contributed by atoms with Crippen LogP contribution in [-0.4, -0.2) is 11.0 Å². The number of nitrogens with zero attached hydrogens (tertiary/aromatic N) is 1. The Balaban J connectivity index is 2.10. The minimum Gasteiger partial charge on any atom is -0.327 e. The summed E-state index contributed by atoms with van der Waals surface area (Å²) in [6.07, 6.45) is 3.71. The molecule has 5 heteroatoms. The highest BCUT2D eigenvalue weighted by Gasteiger charge is 2.28. The van der Waals surface area contributed by atoms with Gasteiger partial charge in [0.1, 0.15) is 0 Å². The Morgan fingerprint density at radius 3 is 2.82 bits per heavy atom. The van der Waals surface area contributed by atoms with Gasteiger partial charge in [0.25, 0.3) is 5.69 Å². The van der Waals surface area contributed by atoms with Gasteiger partial charge in [0.15, 0.2) is 0 Å². The summed E-state index contributed by atoms with van der Waals surface area (Å²) in [7, 11) is 0. The van der Waals surface area contributed by atoms with Crippen molar-refractivity contribution in [3.63, 3.8) is 0 Å². The highest BCUT2D eigenvalue weighted by Crippen LogP contribution is 2.34. The van der Waals surface area contributed by atoms with Gasteiger partial charge in [-0.05, 0) is 37.7 Å². The first-order valence-corrected chi connectivity index (χ1v) is 6.14. The molecule has 1 aromatic rings. The van der Waals surface area contributed by atoms with Crippen molar-refractivity contribution in [3.05, 3.63) is 38.9 Å². The summed E-state index contributed by atoms with van der Waals surface area (Å²) in [5.74, 6) is 0.608. The summed E-state index contributed by atoms with van der Waals surface area (Å²) in [5.41, 5.74) is 6.69. The molecule has 1 unspecified atom stereocenters. The number of nitrogens with two attached hydrogens (primary N) is 1. The summed E-state index contributed by atoms with van der Waals surface area (Å²) < 4.78 is 0. The van der Waals surface area contributed by atoms with Gasteiger partial charge in [-0.25, -0.2) is 0 Å². The van der Waals surface area contributed by atoms with Crippen molar-refractivity contribution in [1.82, 2.24) is 0 Å². The van der Waals surface area contributed by atoms with E-state index < -0.39 is 0 Å². The van der Waals surface area contributed by atoms with E-state index in [2.05, 4.69) is 0 Å². The van der Waals surface area contributed by atoms with Crippen molar-refractivity contribution in [2.75, 3.05) is 0 Å². The van der Waals surface area contributed by atoms with Gasteiger partial charge in [0, 0.05) is 17.7 Å². The van der Waals surface area contributed by atoms with Gasteiger partial charge in [-0.1, -0.05) is 17.7 Å². The second kappa shape index (κ2) is 5.02.